The molecular weight excluding hydrogens is 435 g/mol. The van der Waals surface area contributed by atoms with Crippen molar-refractivity contribution in [3.63, 3.8) is 0 Å². The van der Waals surface area contributed by atoms with Gasteiger partial charge < -0.3 is 14.6 Å². The fraction of sp³-hybridized carbons (Fsp3) is 0.320. The van der Waals surface area contributed by atoms with E-state index in [0.717, 1.165) is 40.9 Å². The van der Waals surface area contributed by atoms with Gasteiger partial charge in [0, 0.05) is 61.0 Å². The molecule has 2 aromatic carbocycles. The van der Waals surface area contributed by atoms with E-state index >= 15 is 0 Å². The molecule has 0 bridgehead atoms. The Morgan fingerprint density at radius 1 is 1.09 bits per heavy atom. The third kappa shape index (κ3) is 3.76. The summed E-state index contributed by atoms with van der Waals surface area (Å²) in [5, 5.41) is 9.65. The van der Waals surface area contributed by atoms with Gasteiger partial charge in [-0.3, -0.25) is 9.69 Å². The third-order valence-electron chi connectivity index (χ3n) is 6.79. The molecule has 6 rings (SSSR count). The summed E-state index contributed by atoms with van der Waals surface area (Å²) in [6, 6.07) is 14.4. The van der Waals surface area contributed by atoms with Crippen LogP contribution in [-0.4, -0.2) is 61.9 Å². The maximum Gasteiger partial charge on any atom is 0.254 e. The Bertz CT molecular complexity index is 1340. The number of nitrogens with one attached hydrogen (secondary N) is 1. The van der Waals surface area contributed by atoms with Crippen LogP contribution < -0.4 is 0 Å². The molecule has 2 aliphatic rings. The highest BCUT2D eigenvalue weighted by Crippen LogP contribution is 2.29. The number of ether oxygens (including phenoxy) is 1. The Kier molecular flexibility index (Phi) is 5.35. The van der Waals surface area contributed by atoms with E-state index < -0.39 is 0 Å². The standard InChI is InChI=1S/C25H25FN6O2/c26-20-6-2-1-4-19(20)24-15-32-23(16-34-24)22(28-29-32)14-30-10-12-31(13-11-30)25(33)18-5-3-7-21-17(18)8-9-27-21/h1-9,24,27H,10-16H2. The number of carbonyl (C=O) groups excluding carboxylic acids is 1. The number of halogens is 1. The number of hydrogen-bond donors (Lipinski definition) is 1. The largest absolute Gasteiger partial charge is 0.365 e. The smallest absolute Gasteiger partial charge is 0.254 e. The molecule has 0 spiro atoms. The second-order valence-electron chi connectivity index (χ2n) is 8.80. The van der Waals surface area contributed by atoms with Crippen LogP contribution in [0.2, 0.25) is 0 Å². The summed E-state index contributed by atoms with van der Waals surface area (Å²) in [6.07, 6.45) is 1.49. The molecule has 4 aromatic rings. The SMILES string of the molecule is O=C(c1cccc2[nH]ccc12)N1CCN(Cc2nnn3c2COC(c2ccccc2F)C3)CC1. The van der Waals surface area contributed by atoms with E-state index in [2.05, 4.69) is 20.2 Å². The minimum absolute atomic E-state index is 0.0680. The average Bonchev–Trinajstić information content (AvgIpc) is 3.51. The van der Waals surface area contributed by atoms with Gasteiger partial charge in [0.15, 0.2) is 0 Å². The summed E-state index contributed by atoms with van der Waals surface area (Å²) >= 11 is 0. The Morgan fingerprint density at radius 2 is 1.94 bits per heavy atom. The van der Waals surface area contributed by atoms with Crippen LogP contribution in [0.3, 0.4) is 0 Å². The van der Waals surface area contributed by atoms with E-state index in [0.29, 0.717) is 38.3 Å². The van der Waals surface area contributed by atoms with Crippen LogP contribution in [0.15, 0.2) is 54.7 Å². The van der Waals surface area contributed by atoms with Gasteiger partial charge >= 0.3 is 0 Å². The molecule has 1 saturated heterocycles. The lowest BCUT2D eigenvalue weighted by Gasteiger charge is -2.34. The monoisotopic (exact) mass is 460 g/mol. The van der Waals surface area contributed by atoms with Gasteiger partial charge in [0.05, 0.1) is 18.8 Å². The molecule has 1 atom stereocenters. The first-order valence-corrected chi connectivity index (χ1v) is 11.5. The zero-order valence-electron chi connectivity index (χ0n) is 18.7. The molecule has 2 aromatic heterocycles. The Labute approximate surface area is 195 Å². The van der Waals surface area contributed by atoms with Crippen molar-refractivity contribution in [3.05, 3.63) is 83.1 Å². The number of aromatic nitrogens is 4. The van der Waals surface area contributed by atoms with E-state index in [1.54, 1.807) is 12.1 Å². The Balaban J connectivity index is 1.09. The lowest BCUT2D eigenvalue weighted by atomic mass is 10.1. The van der Waals surface area contributed by atoms with E-state index in [1.165, 1.54) is 6.07 Å². The highest BCUT2D eigenvalue weighted by molar-refractivity contribution is 6.06. The molecule has 4 heterocycles. The van der Waals surface area contributed by atoms with Crippen molar-refractivity contribution in [2.45, 2.75) is 25.8 Å². The summed E-state index contributed by atoms with van der Waals surface area (Å²) in [4.78, 5) is 20.5. The van der Waals surface area contributed by atoms with E-state index in [-0.39, 0.29) is 17.8 Å². The van der Waals surface area contributed by atoms with E-state index in [1.807, 2.05) is 46.1 Å². The minimum atomic E-state index is -0.373. The van der Waals surface area contributed by atoms with Crippen molar-refractivity contribution in [1.82, 2.24) is 29.8 Å². The number of rotatable bonds is 4. The predicted octanol–water partition coefficient (Wildman–Crippen LogP) is 3.13. The normalized spacial score (nSPS) is 18.9. The number of aromatic amines is 1. The van der Waals surface area contributed by atoms with Crippen LogP contribution in [0.25, 0.3) is 10.9 Å². The van der Waals surface area contributed by atoms with Crippen LogP contribution >= 0.6 is 0 Å². The number of piperazine rings is 1. The highest BCUT2D eigenvalue weighted by Gasteiger charge is 2.29. The topological polar surface area (TPSA) is 79.3 Å². The van der Waals surface area contributed by atoms with Gasteiger partial charge in [-0.25, -0.2) is 9.07 Å². The van der Waals surface area contributed by atoms with Crippen molar-refractivity contribution >= 4 is 16.8 Å². The number of nitrogens with zero attached hydrogens (tertiary/aromatic N) is 5. The molecule has 0 radical (unpaired) electrons. The molecule has 1 N–H and O–H groups in total. The fourth-order valence-electron chi connectivity index (χ4n) is 4.87. The molecule has 1 fully saturated rings. The van der Waals surface area contributed by atoms with Gasteiger partial charge in [-0.1, -0.05) is 29.5 Å². The molecule has 0 saturated carbocycles. The quantitative estimate of drug-likeness (QED) is 0.506. The number of H-pyrrole nitrogens is 1. The second-order valence-corrected chi connectivity index (χ2v) is 8.80. The molecule has 34 heavy (non-hydrogen) atoms. The van der Waals surface area contributed by atoms with Gasteiger partial charge in [-0.05, 0) is 24.3 Å². The summed E-state index contributed by atoms with van der Waals surface area (Å²) < 4.78 is 22.0. The number of amides is 1. The zero-order chi connectivity index (χ0) is 23.1. The van der Waals surface area contributed by atoms with E-state index in [4.69, 9.17) is 4.74 Å². The highest BCUT2D eigenvalue weighted by atomic mass is 19.1. The summed E-state index contributed by atoms with van der Waals surface area (Å²) in [7, 11) is 0. The number of hydrogen-bond acceptors (Lipinski definition) is 5. The van der Waals surface area contributed by atoms with Crippen LogP contribution in [-0.2, 0) is 24.4 Å². The molecule has 174 valence electrons. The summed E-state index contributed by atoms with van der Waals surface area (Å²) in [5.74, 6) is -0.199. The number of fused-ring (bicyclic) bond motifs is 2. The first-order valence-electron chi connectivity index (χ1n) is 11.5. The summed E-state index contributed by atoms with van der Waals surface area (Å²) in [5.41, 5.74) is 4.07. The van der Waals surface area contributed by atoms with Crippen molar-refractivity contribution in [2.24, 2.45) is 0 Å². The van der Waals surface area contributed by atoms with Crippen molar-refractivity contribution in [1.29, 1.82) is 0 Å². The van der Waals surface area contributed by atoms with Crippen molar-refractivity contribution in [3.8, 4) is 0 Å². The number of benzene rings is 2. The first-order chi connectivity index (χ1) is 16.7. The van der Waals surface area contributed by atoms with Gasteiger partial charge in [0.2, 0.25) is 0 Å². The second kappa shape index (κ2) is 8.66. The van der Waals surface area contributed by atoms with Crippen LogP contribution in [0.4, 0.5) is 4.39 Å². The van der Waals surface area contributed by atoms with Gasteiger partial charge in [-0.15, -0.1) is 5.10 Å². The molecule has 0 aliphatic carbocycles. The van der Waals surface area contributed by atoms with Crippen LogP contribution in [0.1, 0.15) is 33.4 Å². The van der Waals surface area contributed by atoms with Crippen molar-refractivity contribution in [2.75, 3.05) is 26.2 Å². The molecule has 2 aliphatic heterocycles. The molecule has 1 unspecified atom stereocenters. The van der Waals surface area contributed by atoms with Crippen molar-refractivity contribution < 1.29 is 13.9 Å². The minimum Gasteiger partial charge on any atom is -0.365 e. The molecule has 1 amide bonds. The van der Waals surface area contributed by atoms with Crippen LogP contribution in [0, 0.1) is 5.82 Å². The fourth-order valence-corrected chi connectivity index (χ4v) is 4.87. The zero-order valence-corrected chi connectivity index (χ0v) is 18.7. The Morgan fingerprint density at radius 3 is 2.79 bits per heavy atom. The molecule has 9 heteroatoms. The maximum atomic E-state index is 14.2. The first kappa shape index (κ1) is 21.0. The lowest BCUT2D eigenvalue weighted by Crippen LogP contribution is -2.48. The lowest BCUT2D eigenvalue weighted by molar-refractivity contribution is -0.00418. The van der Waals surface area contributed by atoms with Gasteiger partial charge in [-0.2, -0.15) is 0 Å². The van der Waals surface area contributed by atoms with Gasteiger partial charge in [0.25, 0.3) is 5.91 Å². The van der Waals surface area contributed by atoms with Gasteiger partial charge in [0.1, 0.15) is 17.6 Å². The molecular formula is C25H25FN6O2. The maximum absolute atomic E-state index is 14.2. The Hall–Kier alpha value is -3.56. The summed E-state index contributed by atoms with van der Waals surface area (Å²) in [6.45, 7) is 4.29. The third-order valence-corrected chi connectivity index (χ3v) is 6.79. The molecule has 8 nitrogen and oxygen atoms in total. The predicted molar refractivity (Wildman–Crippen MR) is 123 cm³/mol. The van der Waals surface area contributed by atoms with E-state index in [9.17, 15) is 9.18 Å². The average molecular weight is 461 g/mol. The number of carbonyl (C=O) groups is 1. The van der Waals surface area contributed by atoms with Crippen LogP contribution in [0.5, 0.6) is 0 Å².